The Hall–Kier alpha value is -2.91. The summed E-state index contributed by atoms with van der Waals surface area (Å²) >= 11 is 0. The van der Waals surface area contributed by atoms with Crippen molar-refractivity contribution in [3.63, 3.8) is 0 Å². The quantitative estimate of drug-likeness (QED) is 0.741. The first-order chi connectivity index (χ1) is 12.5. The lowest BCUT2D eigenvalue weighted by Gasteiger charge is -2.36. The Labute approximate surface area is 152 Å². The number of carbonyl (C=O) groups is 4. The van der Waals surface area contributed by atoms with Crippen LogP contribution in [0.15, 0.2) is 24.3 Å². The molecule has 2 unspecified atom stereocenters. The Morgan fingerprint density at radius 3 is 2.33 bits per heavy atom. The second kappa shape index (κ2) is 7.77. The predicted molar refractivity (Wildman–Crippen MR) is 85.2 cm³/mol. The van der Waals surface area contributed by atoms with Crippen LogP contribution in [0.1, 0.15) is 24.5 Å². The SMILES string of the molecule is CC1CC(=O)C(C(=O)NCC(=O)O)C(=O)N1Cc1ccc(C(F)(F)F)cc1. The molecule has 0 radical (unpaired) electrons. The summed E-state index contributed by atoms with van der Waals surface area (Å²) in [5.74, 6) is -5.42. The molecule has 1 aliphatic rings. The number of benzene rings is 1. The minimum Gasteiger partial charge on any atom is -0.480 e. The van der Waals surface area contributed by atoms with Gasteiger partial charge in [-0.05, 0) is 24.6 Å². The average Bonchev–Trinajstić information content (AvgIpc) is 2.56. The van der Waals surface area contributed by atoms with Crippen LogP contribution in [0.5, 0.6) is 0 Å². The van der Waals surface area contributed by atoms with Crippen molar-refractivity contribution >= 4 is 23.6 Å². The number of likely N-dealkylation sites (tertiary alicyclic amines) is 1. The average molecular weight is 386 g/mol. The molecular formula is C17H17F3N2O5. The first-order valence-corrected chi connectivity index (χ1v) is 7.99. The van der Waals surface area contributed by atoms with E-state index in [-0.39, 0.29) is 13.0 Å². The van der Waals surface area contributed by atoms with E-state index in [4.69, 9.17) is 5.11 Å². The predicted octanol–water partition coefficient (Wildman–Crippen LogP) is 1.21. The zero-order valence-corrected chi connectivity index (χ0v) is 14.2. The van der Waals surface area contributed by atoms with E-state index < -0.39 is 53.8 Å². The number of alkyl halides is 3. The highest BCUT2D eigenvalue weighted by Crippen LogP contribution is 2.30. The lowest BCUT2D eigenvalue weighted by Crippen LogP contribution is -2.55. The van der Waals surface area contributed by atoms with Crippen LogP contribution < -0.4 is 5.32 Å². The zero-order chi connectivity index (χ0) is 20.4. The van der Waals surface area contributed by atoms with Gasteiger partial charge in [-0.3, -0.25) is 19.2 Å². The lowest BCUT2D eigenvalue weighted by atomic mass is 9.90. The number of amides is 2. The van der Waals surface area contributed by atoms with Gasteiger partial charge in [-0.2, -0.15) is 13.2 Å². The van der Waals surface area contributed by atoms with Crippen molar-refractivity contribution in [1.82, 2.24) is 10.2 Å². The van der Waals surface area contributed by atoms with E-state index in [0.29, 0.717) is 5.56 Å². The van der Waals surface area contributed by atoms with Crippen LogP contribution in [-0.4, -0.2) is 46.2 Å². The van der Waals surface area contributed by atoms with Gasteiger partial charge in [-0.15, -0.1) is 0 Å². The Balaban J connectivity index is 2.15. The fraction of sp³-hybridized carbons (Fsp3) is 0.412. The molecule has 1 aromatic rings. The number of ketones is 1. The third-order valence-corrected chi connectivity index (χ3v) is 4.19. The number of piperidine rings is 1. The molecule has 7 nitrogen and oxygen atoms in total. The summed E-state index contributed by atoms with van der Waals surface area (Å²) in [7, 11) is 0. The standard InChI is InChI=1S/C17H17F3N2O5/c1-9-6-12(23)14(15(26)21-7-13(24)25)16(27)22(9)8-10-2-4-11(5-3-10)17(18,19)20/h2-5,9,14H,6-8H2,1H3,(H,21,26)(H,24,25). The van der Waals surface area contributed by atoms with Crippen molar-refractivity contribution in [2.24, 2.45) is 5.92 Å². The van der Waals surface area contributed by atoms with Crippen molar-refractivity contribution in [3.8, 4) is 0 Å². The van der Waals surface area contributed by atoms with Gasteiger partial charge in [0.1, 0.15) is 6.54 Å². The van der Waals surface area contributed by atoms with Crippen LogP contribution in [0.4, 0.5) is 13.2 Å². The molecule has 1 saturated heterocycles. The van der Waals surface area contributed by atoms with Crippen LogP contribution in [0.2, 0.25) is 0 Å². The van der Waals surface area contributed by atoms with Gasteiger partial charge in [-0.1, -0.05) is 12.1 Å². The summed E-state index contributed by atoms with van der Waals surface area (Å²) in [6, 6.07) is 3.67. The smallest absolute Gasteiger partial charge is 0.416 e. The number of carboxylic acids is 1. The number of halogens is 3. The number of hydrogen-bond acceptors (Lipinski definition) is 4. The second-order valence-corrected chi connectivity index (χ2v) is 6.22. The summed E-state index contributed by atoms with van der Waals surface area (Å²) in [6.45, 7) is 0.781. The topological polar surface area (TPSA) is 104 Å². The molecule has 2 amide bonds. The summed E-state index contributed by atoms with van der Waals surface area (Å²) in [4.78, 5) is 48.4. The fourth-order valence-electron chi connectivity index (χ4n) is 2.79. The third-order valence-electron chi connectivity index (χ3n) is 4.19. The molecule has 146 valence electrons. The monoisotopic (exact) mass is 386 g/mol. The van der Waals surface area contributed by atoms with Crippen LogP contribution in [0.25, 0.3) is 0 Å². The summed E-state index contributed by atoms with van der Waals surface area (Å²) < 4.78 is 37.9. The Kier molecular flexibility index (Phi) is 5.87. The van der Waals surface area contributed by atoms with Crippen LogP contribution in [-0.2, 0) is 31.9 Å². The van der Waals surface area contributed by atoms with E-state index in [1.807, 2.05) is 5.32 Å². The molecule has 0 aliphatic carbocycles. The first-order valence-electron chi connectivity index (χ1n) is 7.99. The van der Waals surface area contributed by atoms with E-state index in [1.54, 1.807) is 6.92 Å². The molecule has 1 aromatic carbocycles. The van der Waals surface area contributed by atoms with Gasteiger partial charge in [0, 0.05) is 19.0 Å². The van der Waals surface area contributed by atoms with Crippen molar-refractivity contribution in [2.45, 2.75) is 32.1 Å². The van der Waals surface area contributed by atoms with E-state index in [2.05, 4.69) is 0 Å². The Morgan fingerprint density at radius 2 is 1.81 bits per heavy atom. The summed E-state index contributed by atoms with van der Waals surface area (Å²) in [5.41, 5.74) is -0.424. The van der Waals surface area contributed by atoms with Crippen molar-refractivity contribution in [2.75, 3.05) is 6.54 Å². The molecule has 1 fully saturated rings. The van der Waals surface area contributed by atoms with Crippen molar-refractivity contribution in [1.29, 1.82) is 0 Å². The van der Waals surface area contributed by atoms with E-state index in [0.717, 1.165) is 12.1 Å². The summed E-state index contributed by atoms with van der Waals surface area (Å²) in [5, 5.41) is 10.6. The molecule has 2 N–H and O–H groups in total. The van der Waals surface area contributed by atoms with Crippen LogP contribution in [0.3, 0.4) is 0 Å². The largest absolute Gasteiger partial charge is 0.480 e. The van der Waals surface area contributed by atoms with Gasteiger partial charge < -0.3 is 15.3 Å². The van der Waals surface area contributed by atoms with Gasteiger partial charge in [0.15, 0.2) is 11.7 Å². The van der Waals surface area contributed by atoms with Crippen LogP contribution >= 0.6 is 0 Å². The molecule has 27 heavy (non-hydrogen) atoms. The van der Waals surface area contributed by atoms with E-state index in [1.165, 1.54) is 17.0 Å². The number of carboxylic acid groups (broad SMARTS) is 1. The highest BCUT2D eigenvalue weighted by atomic mass is 19.4. The molecule has 10 heteroatoms. The lowest BCUT2D eigenvalue weighted by molar-refractivity contribution is -0.155. The summed E-state index contributed by atoms with van der Waals surface area (Å²) in [6.07, 6.45) is -4.59. The number of Topliss-reactive ketones (excluding diaryl/α,β-unsaturated/α-hetero) is 1. The van der Waals surface area contributed by atoms with Gasteiger partial charge in [0.2, 0.25) is 11.8 Å². The first kappa shape index (κ1) is 20.4. The molecule has 2 rings (SSSR count). The van der Waals surface area contributed by atoms with Crippen LogP contribution in [0, 0.1) is 5.92 Å². The molecule has 2 atom stereocenters. The minimum absolute atomic E-state index is 0.0753. The maximum absolute atomic E-state index is 12.6. The molecule has 0 saturated carbocycles. The van der Waals surface area contributed by atoms with E-state index >= 15 is 0 Å². The van der Waals surface area contributed by atoms with Crippen molar-refractivity contribution in [3.05, 3.63) is 35.4 Å². The third kappa shape index (κ3) is 4.83. The highest BCUT2D eigenvalue weighted by Gasteiger charge is 2.43. The van der Waals surface area contributed by atoms with E-state index in [9.17, 15) is 32.3 Å². The maximum atomic E-state index is 12.6. The Bertz CT molecular complexity index is 761. The zero-order valence-electron chi connectivity index (χ0n) is 14.2. The molecule has 1 aliphatic heterocycles. The number of nitrogens with one attached hydrogen (secondary N) is 1. The minimum atomic E-state index is -4.48. The number of nitrogens with zero attached hydrogens (tertiary/aromatic N) is 1. The second-order valence-electron chi connectivity index (χ2n) is 6.22. The van der Waals surface area contributed by atoms with Gasteiger partial charge >= 0.3 is 12.1 Å². The molecule has 1 heterocycles. The van der Waals surface area contributed by atoms with Crippen molar-refractivity contribution < 1.29 is 37.5 Å². The van der Waals surface area contributed by atoms with Gasteiger partial charge in [0.05, 0.1) is 5.56 Å². The highest BCUT2D eigenvalue weighted by molar-refractivity contribution is 6.19. The normalized spacial score (nSPS) is 20.5. The molecule has 0 bridgehead atoms. The fourth-order valence-corrected chi connectivity index (χ4v) is 2.79. The molecule has 0 aromatic heterocycles. The Morgan fingerprint density at radius 1 is 1.22 bits per heavy atom. The maximum Gasteiger partial charge on any atom is 0.416 e. The molecular weight excluding hydrogens is 369 g/mol. The van der Waals surface area contributed by atoms with Gasteiger partial charge in [-0.25, -0.2) is 0 Å². The molecule has 0 spiro atoms. The number of carbonyl (C=O) groups excluding carboxylic acids is 3. The number of aliphatic carboxylic acids is 1. The number of hydrogen-bond donors (Lipinski definition) is 2. The number of rotatable bonds is 5. The van der Waals surface area contributed by atoms with Gasteiger partial charge in [0.25, 0.3) is 0 Å².